The predicted molar refractivity (Wildman–Crippen MR) is 142 cm³/mol. The quantitative estimate of drug-likeness (QED) is 0.266. The van der Waals surface area contributed by atoms with Crippen LogP contribution in [0.1, 0.15) is 53.3 Å². The van der Waals surface area contributed by atoms with E-state index < -0.39 is 5.97 Å². The monoisotopic (exact) mass is 553 g/mol. The molecule has 1 saturated heterocycles. The van der Waals surface area contributed by atoms with E-state index in [2.05, 4.69) is 15.0 Å². The molecule has 0 radical (unpaired) electrons. The third kappa shape index (κ3) is 4.25. The molecular weight excluding hydrogens is 529 g/mol. The summed E-state index contributed by atoms with van der Waals surface area (Å²) in [6.45, 7) is 2.09. The van der Waals surface area contributed by atoms with Crippen LogP contribution in [-0.2, 0) is 11.3 Å². The van der Waals surface area contributed by atoms with Gasteiger partial charge in [0.15, 0.2) is 5.58 Å². The molecule has 3 aliphatic rings. The van der Waals surface area contributed by atoms with E-state index in [0.29, 0.717) is 62.8 Å². The Labute approximate surface area is 228 Å². The number of rotatable bonds is 7. The number of benzene rings is 2. The third-order valence-electron chi connectivity index (χ3n) is 8.03. The van der Waals surface area contributed by atoms with Crippen LogP contribution < -0.4 is 4.90 Å². The first-order valence-electron chi connectivity index (χ1n) is 12.9. The summed E-state index contributed by atoms with van der Waals surface area (Å²) in [6.07, 6.45) is 4.24. The Kier molecular flexibility index (Phi) is 5.87. The minimum Gasteiger partial charge on any atom is -0.478 e. The topological polar surface area (TPSA) is 102 Å². The molecule has 2 aromatic carbocycles. The molecule has 8 nitrogen and oxygen atoms in total. The molecule has 2 saturated carbocycles. The van der Waals surface area contributed by atoms with Crippen molar-refractivity contribution in [3.8, 4) is 11.3 Å². The molecule has 2 aliphatic carbocycles. The average molecular weight is 554 g/mol. The van der Waals surface area contributed by atoms with Crippen molar-refractivity contribution < 1.29 is 23.6 Å². The average Bonchev–Trinajstić information content (AvgIpc) is 3.19. The highest BCUT2D eigenvalue weighted by Gasteiger charge is 2.43. The van der Waals surface area contributed by atoms with Crippen molar-refractivity contribution in [2.24, 2.45) is 11.8 Å². The Morgan fingerprint density at radius 1 is 1.11 bits per heavy atom. The van der Waals surface area contributed by atoms with Crippen LogP contribution in [0, 0.1) is 11.8 Å². The van der Waals surface area contributed by atoms with Crippen LogP contribution in [0.2, 0.25) is 10.0 Å². The van der Waals surface area contributed by atoms with Gasteiger partial charge in [-0.15, -0.1) is 0 Å². The maximum Gasteiger partial charge on any atom is 0.335 e. The summed E-state index contributed by atoms with van der Waals surface area (Å²) in [5.74, 6) is 1.25. The van der Waals surface area contributed by atoms with Gasteiger partial charge in [-0.05, 0) is 67.9 Å². The van der Waals surface area contributed by atoms with E-state index in [0.717, 1.165) is 50.1 Å². The first kappa shape index (κ1) is 24.0. The fourth-order valence-corrected chi connectivity index (χ4v) is 6.54. The molecule has 0 spiro atoms. The van der Waals surface area contributed by atoms with Gasteiger partial charge in [0, 0.05) is 30.1 Å². The number of carbonyl (C=O) groups is 1. The van der Waals surface area contributed by atoms with Gasteiger partial charge in [0.05, 0.1) is 28.3 Å². The van der Waals surface area contributed by atoms with Crippen LogP contribution in [0.5, 0.6) is 0 Å². The summed E-state index contributed by atoms with van der Waals surface area (Å²) in [5.41, 5.74) is 3.67. The van der Waals surface area contributed by atoms with Gasteiger partial charge in [-0.1, -0.05) is 34.4 Å². The largest absolute Gasteiger partial charge is 0.478 e. The lowest BCUT2D eigenvalue weighted by Gasteiger charge is -2.18. The fourth-order valence-electron chi connectivity index (χ4n) is 5.97. The van der Waals surface area contributed by atoms with Crippen molar-refractivity contribution in [3.63, 3.8) is 0 Å². The van der Waals surface area contributed by atoms with Crippen molar-refractivity contribution >= 4 is 46.3 Å². The molecule has 3 heterocycles. The lowest BCUT2D eigenvalue weighted by Crippen LogP contribution is -2.23. The first-order chi connectivity index (χ1) is 18.4. The highest BCUT2D eigenvalue weighted by atomic mass is 35.5. The number of hydrogen-bond acceptors (Lipinski definition) is 7. The summed E-state index contributed by atoms with van der Waals surface area (Å²) < 4.78 is 18.2. The molecule has 4 aromatic rings. The van der Waals surface area contributed by atoms with Gasteiger partial charge in [-0.2, -0.15) is 4.98 Å². The second-order valence-electron chi connectivity index (χ2n) is 10.6. The Morgan fingerprint density at radius 3 is 2.53 bits per heavy atom. The Balaban J connectivity index is 1.03. The zero-order chi connectivity index (χ0) is 26.0. The zero-order valence-corrected chi connectivity index (χ0v) is 21.9. The second kappa shape index (κ2) is 9.29. The molecule has 1 aliphatic heterocycles. The van der Waals surface area contributed by atoms with Crippen LogP contribution in [0.25, 0.3) is 22.4 Å². The molecule has 2 unspecified atom stereocenters. The molecule has 0 amide bonds. The smallest absolute Gasteiger partial charge is 0.335 e. The summed E-state index contributed by atoms with van der Waals surface area (Å²) in [6, 6.07) is 10.8. The summed E-state index contributed by atoms with van der Waals surface area (Å²) in [5, 5.41) is 14.7. The minimum absolute atomic E-state index is 0.144. The van der Waals surface area contributed by atoms with Crippen molar-refractivity contribution in [1.82, 2.24) is 10.1 Å². The van der Waals surface area contributed by atoms with Gasteiger partial charge in [0.2, 0.25) is 0 Å². The SMILES string of the molecule is O=C(O)c1ccc2nc(N3CC4CC(OCc5c(-c6c(Cl)cccc6Cl)noc5C5CC5)C[C@H]4C3)oc2c1. The van der Waals surface area contributed by atoms with Gasteiger partial charge in [0.1, 0.15) is 17.0 Å². The molecular formula is C28H25Cl2N3O5. The number of ether oxygens (including phenoxy) is 1. The van der Waals surface area contributed by atoms with Gasteiger partial charge in [-0.25, -0.2) is 4.79 Å². The Bertz CT molecular complexity index is 1510. The summed E-state index contributed by atoms with van der Waals surface area (Å²) in [4.78, 5) is 18.0. The van der Waals surface area contributed by atoms with Crippen LogP contribution in [0.4, 0.5) is 6.01 Å². The number of aromatic nitrogens is 2. The normalized spacial score (nSPS) is 22.9. The van der Waals surface area contributed by atoms with Gasteiger partial charge >= 0.3 is 5.97 Å². The molecule has 196 valence electrons. The second-order valence-corrected chi connectivity index (χ2v) is 11.4. The molecule has 2 aromatic heterocycles. The van der Waals surface area contributed by atoms with E-state index in [1.54, 1.807) is 12.1 Å². The fraction of sp³-hybridized carbons (Fsp3) is 0.393. The van der Waals surface area contributed by atoms with Gasteiger partial charge < -0.3 is 23.7 Å². The van der Waals surface area contributed by atoms with E-state index >= 15 is 0 Å². The summed E-state index contributed by atoms with van der Waals surface area (Å²) in [7, 11) is 0. The standard InChI is InChI=1S/C28H25Cl2N3O5/c29-20-2-1-3-21(30)24(20)25-19(26(38-32-25)14-4-5-14)13-36-18-8-16-11-33(12-17(16)9-18)28-31-22-7-6-15(27(34)35)10-23(22)37-28/h1-3,6-7,10,14,16-18H,4-5,8-9,11-13H2,(H,34,35)/t16-,17?,18?/m0/s1. The molecule has 10 heteroatoms. The third-order valence-corrected chi connectivity index (χ3v) is 8.66. The van der Waals surface area contributed by atoms with E-state index in [4.69, 9.17) is 36.9 Å². The van der Waals surface area contributed by atoms with Crippen molar-refractivity contribution in [2.45, 2.75) is 44.3 Å². The minimum atomic E-state index is -0.982. The van der Waals surface area contributed by atoms with Crippen molar-refractivity contribution in [2.75, 3.05) is 18.0 Å². The van der Waals surface area contributed by atoms with E-state index in [1.807, 2.05) is 18.2 Å². The molecule has 7 rings (SSSR count). The number of halogens is 2. The number of anilines is 1. The predicted octanol–water partition coefficient (Wildman–Crippen LogP) is 6.80. The van der Waals surface area contributed by atoms with Crippen molar-refractivity contribution in [1.29, 1.82) is 0 Å². The molecule has 3 atom stereocenters. The Hall–Kier alpha value is -3.07. The number of nitrogens with zero attached hydrogens (tertiary/aromatic N) is 3. The van der Waals surface area contributed by atoms with Crippen molar-refractivity contribution in [3.05, 3.63) is 63.3 Å². The number of aromatic carboxylic acids is 1. The number of hydrogen-bond donors (Lipinski definition) is 1. The van der Waals surface area contributed by atoms with Crippen LogP contribution >= 0.6 is 23.2 Å². The molecule has 3 fully saturated rings. The Morgan fingerprint density at radius 2 is 1.84 bits per heavy atom. The highest BCUT2D eigenvalue weighted by molar-refractivity contribution is 6.39. The van der Waals surface area contributed by atoms with Gasteiger partial charge in [0.25, 0.3) is 6.01 Å². The van der Waals surface area contributed by atoms with E-state index in [9.17, 15) is 9.90 Å². The number of carboxylic acid groups (broad SMARTS) is 1. The van der Waals surface area contributed by atoms with Crippen LogP contribution in [0.3, 0.4) is 0 Å². The number of oxazole rings is 1. The van der Waals surface area contributed by atoms with E-state index in [1.165, 1.54) is 6.07 Å². The lowest BCUT2D eigenvalue weighted by molar-refractivity contribution is 0.0402. The molecule has 38 heavy (non-hydrogen) atoms. The van der Waals surface area contributed by atoms with Gasteiger partial charge in [-0.3, -0.25) is 0 Å². The number of carboxylic acids is 1. The maximum atomic E-state index is 11.3. The van der Waals surface area contributed by atoms with E-state index in [-0.39, 0.29) is 11.7 Å². The lowest BCUT2D eigenvalue weighted by atomic mass is 10.0. The van der Waals surface area contributed by atoms with Crippen LogP contribution in [-0.4, -0.2) is 40.4 Å². The molecule has 0 bridgehead atoms. The maximum absolute atomic E-state index is 11.3. The molecule has 1 N–H and O–H groups in total. The number of fused-ring (bicyclic) bond motifs is 2. The zero-order valence-electron chi connectivity index (χ0n) is 20.4. The first-order valence-corrected chi connectivity index (χ1v) is 13.6. The van der Waals surface area contributed by atoms with Crippen LogP contribution in [0.15, 0.2) is 45.3 Å². The highest BCUT2D eigenvalue weighted by Crippen LogP contribution is 2.47. The summed E-state index contributed by atoms with van der Waals surface area (Å²) >= 11 is 13.0.